The molecule has 10 nitrogen and oxygen atoms in total. The molecule has 0 saturated heterocycles. The Labute approximate surface area is 114 Å². The summed E-state index contributed by atoms with van der Waals surface area (Å²) in [4.78, 5) is 4.23. The maximum absolute atomic E-state index is 12.0. The van der Waals surface area contributed by atoms with Crippen LogP contribution in [-0.2, 0) is 20.0 Å². The van der Waals surface area contributed by atoms with Crippen molar-refractivity contribution >= 4 is 31.6 Å². The van der Waals surface area contributed by atoms with E-state index < -0.39 is 29.5 Å². The second-order valence-electron chi connectivity index (χ2n) is 3.82. The van der Waals surface area contributed by atoms with Gasteiger partial charge in [-0.3, -0.25) is 0 Å². The van der Waals surface area contributed by atoms with Gasteiger partial charge in [-0.1, -0.05) is 12.8 Å². The molecular weight excluding hydrogens is 320 g/mol. The lowest BCUT2D eigenvalue weighted by Gasteiger charge is -2.36. The van der Waals surface area contributed by atoms with Gasteiger partial charge in [0.1, 0.15) is 0 Å². The van der Waals surface area contributed by atoms with Crippen LogP contribution in [-0.4, -0.2) is 26.3 Å². The summed E-state index contributed by atoms with van der Waals surface area (Å²) < 4.78 is 50.4. The fourth-order valence-corrected chi connectivity index (χ4v) is 6.38. The van der Waals surface area contributed by atoms with Gasteiger partial charge in [0.05, 0.1) is 5.38 Å². The van der Waals surface area contributed by atoms with Gasteiger partial charge in [-0.2, -0.15) is 0 Å². The predicted octanol–water partition coefficient (Wildman–Crippen LogP) is 2.14. The maximum atomic E-state index is 12.0. The molecule has 106 valence electrons. The third-order valence-corrected chi connectivity index (χ3v) is 8.28. The largest absolute Gasteiger partial charge is 0.257 e. The molecule has 0 amide bonds. The first-order chi connectivity index (χ1) is 8.75. The number of hydrogen-bond donors (Lipinski definition) is 0. The number of alkyl halides is 1. The lowest BCUT2D eigenvalue weighted by atomic mass is 9.99. The Bertz CT molecular complexity index is 612. The van der Waals surface area contributed by atoms with E-state index in [2.05, 4.69) is 18.9 Å². The van der Waals surface area contributed by atoms with Crippen molar-refractivity contribution in [2.45, 2.75) is 35.1 Å². The summed E-state index contributed by atoms with van der Waals surface area (Å²) in [5, 5.41) is -1.35. The molecule has 1 rings (SSSR count). The van der Waals surface area contributed by atoms with Crippen molar-refractivity contribution in [2.75, 3.05) is 0 Å². The fraction of sp³-hybridized carbons (Fsp3) is 1.00. The van der Waals surface area contributed by atoms with Crippen molar-refractivity contribution < 1.29 is 16.8 Å². The molecule has 0 bridgehead atoms. The van der Waals surface area contributed by atoms with Gasteiger partial charge >= 0.3 is 0 Å². The van der Waals surface area contributed by atoms with Gasteiger partial charge in [-0.25, -0.2) is 16.8 Å². The molecule has 0 aromatic rings. The summed E-state index contributed by atoms with van der Waals surface area (Å²) >= 11 is 5.86. The number of azide groups is 2. The van der Waals surface area contributed by atoms with Gasteiger partial charge in [0.25, 0.3) is 20.0 Å². The van der Waals surface area contributed by atoms with E-state index in [4.69, 9.17) is 22.7 Å². The molecule has 1 saturated carbocycles. The first-order valence-electron chi connectivity index (χ1n) is 5.01. The SMILES string of the molecule is [N-]=[N+]=NS(=O)(=O)C1(S(=O)(=O)N=[N+]=[N-])CCCCC1Cl. The van der Waals surface area contributed by atoms with Gasteiger partial charge in [0.15, 0.2) is 0 Å². The van der Waals surface area contributed by atoms with Gasteiger partial charge in [0.2, 0.25) is 4.08 Å². The number of rotatable bonds is 4. The predicted molar refractivity (Wildman–Crippen MR) is 67.0 cm³/mol. The summed E-state index contributed by atoms with van der Waals surface area (Å²) in [6.07, 6.45) is 0.461. The van der Waals surface area contributed by atoms with Gasteiger partial charge in [0, 0.05) is 18.9 Å². The maximum Gasteiger partial charge on any atom is 0.257 e. The second kappa shape index (κ2) is 5.43. The quantitative estimate of drug-likeness (QED) is 0.334. The molecule has 0 spiro atoms. The van der Waals surface area contributed by atoms with Gasteiger partial charge in [-0.05, 0) is 23.9 Å². The molecule has 0 radical (unpaired) electrons. The summed E-state index contributed by atoms with van der Waals surface area (Å²) in [7, 11) is -9.60. The first kappa shape index (κ1) is 15.9. The van der Waals surface area contributed by atoms with E-state index in [0.29, 0.717) is 6.42 Å². The van der Waals surface area contributed by atoms with E-state index in [0.717, 1.165) is 0 Å². The Morgan fingerprint density at radius 3 is 1.89 bits per heavy atom. The van der Waals surface area contributed by atoms with Crippen molar-refractivity contribution in [2.24, 2.45) is 9.04 Å². The van der Waals surface area contributed by atoms with E-state index in [1.54, 1.807) is 0 Å². The Hall–Kier alpha value is -1.19. The molecule has 1 aliphatic carbocycles. The molecule has 1 fully saturated rings. The number of hydrogen-bond acceptors (Lipinski definition) is 4. The van der Waals surface area contributed by atoms with E-state index in [1.807, 2.05) is 0 Å². The fourth-order valence-electron chi connectivity index (χ4n) is 2.02. The van der Waals surface area contributed by atoms with Crippen LogP contribution in [0.2, 0.25) is 0 Å². The molecule has 0 aromatic carbocycles. The Kier molecular flexibility index (Phi) is 4.54. The highest BCUT2D eigenvalue weighted by Crippen LogP contribution is 2.44. The molecule has 13 heteroatoms. The van der Waals surface area contributed by atoms with E-state index in [9.17, 15) is 16.8 Å². The van der Waals surface area contributed by atoms with Crippen LogP contribution >= 0.6 is 11.6 Å². The highest BCUT2D eigenvalue weighted by molar-refractivity contribution is 8.09. The zero-order valence-electron chi connectivity index (χ0n) is 9.42. The molecular formula is C6H9ClN6O4S2. The summed E-state index contributed by atoms with van der Waals surface area (Å²) in [6, 6.07) is 0. The van der Waals surface area contributed by atoms with E-state index >= 15 is 0 Å². The third kappa shape index (κ3) is 2.45. The lowest BCUT2D eigenvalue weighted by molar-refractivity contribution is 0.441. The average Bonchev–Trinajstić information content (AvgIpc) is 2.28. The zero-order valence-corrected chi connectivity index (χ0v) is 11.8. The monoisotopic (exact) mass is 328 g/mol. The molecule has 1 aliphatic rings. The van der Waals surface area contributed by atoms with Crippen molar-refractivity contribution in [3.63, 3.8) is 0 Å². The molecule has 0 aromatic heterocycles. The van der Waals surface area contributed by atoms with Gasteiger partial charge < -0.3 is 0 Å². The number of nitrogens with zero attached hydrogens (tertiary/aromatic N) is 6. The van der Waals surface area contributed by atoms with Crippen molar-refractivity contribution in [3.8, 4) is 0 Å². The van der Waals surface area contributed by atoms with Crippen LogP contribution in [0.1, 0.15) is 25.7 Å². The van der Waals surface area contributed by atoms with Crippen LogP contribution < -0.4 is 0 Å². The third-order valence-electron chi connectivity index (χ3n) is 2.87. The standard InChI is InChI=1S/C6H9ClN6O4S2/c7-5-3-1-2-4-6(5,18(14,15)12-10-8)19(16,17)13-11-9/h5H,1-4H2. The van der Waals surface area contributed by atoms with Crippen LogP contribution in [0.4, 0.5) is 0 Å². The van der Waals surface area contributed by atoms with Crippen LogP contribution in [0.25, 0.3) is 20.9 Å². The lowest BCUT2D eigenvalue weighted by Crippen LogP contribution is -2.53. The Morgan fingerprint density at radius 2 is 1.53 bits per heavy atom. The minimum atomic E-state index is -4.80. The van der Waals surface area contributed by atoms with Crippen LogP contribution in [0.3, 0.4) is 0 Å². The summed E-state index contributed by atoms with van der Waals surface area (Å²) in [5.41, 5.74) is 16.5. The van der Waals surface area contributed by atoms with Crippen molar-refractivity contribution in [3.05, 3.63) is 20.9 Å². The molecule has 1 atom stereocenters. The molecule has 0 N–H and O–H groups in total. The highest BCUT2D eigenvalue weighted by atomic mass is 35.5. The Morgan fingerprint density at radius 1 is 1.05 bits per heavy atom. The second-order valence-corrected chi connectivity index (χ2v) is 8.29. The number of sulfonamides is 2. The Balaban J connectivity index is 3.69. The molecule has 19 heavy (non-hydrogen) atoms. The minimum Gasteiger partial charge on any atom is -0.219 e. The molecule has 1 unspecified atom stereocenters. The smallest absolute Gasteiger partial charge is 0.219 e. The van der Waals surface area contributed by atoms with Crippen molar-refractivity contribution in [1.29, 1.82) is 0 Å². The van der Waals surface area contributed by atoms with Crippen LogP contribution in [0.15, 0.2) is 9.04 Å². The zero-order chi connectivity index (χ0) is 14.7. The molecule has 0 aliphatic heterocycles. The molecule has 0 heterocycles. The number of halogens is 1. The highest BCUT2D eigenvalue weighted by Gasteiger charge is 2.60. The van der Waals surface area contributed by atoms with Crippen LogP contribution in [0.5, 0.6) is 0 Å². The van der Waals surface area contributed by atoms with Crippen LogP contribution in [0, 0.1) is 0 Å². The topological polar surface area (TPSA) is 166 Å². The van der Waals surface area contributed by atoms with Crippen molar-refractivity contribution in [1.82, 2.24) is 0 Å². The van der Waals surface area contributed by atoms with Gasteiger partial charge in [-0.15, -0.1) is 11.6 Å². The minimum absolute atomic E-state index is 0.0852. The van der Waals surface area contributed by atoms with E-state index in [-0.39, 0.29) is 19.3 Å². The summed E-state index contributed by atoms with van der Waals surface area (Å²) in [5.74, 6) is 0. The normalized spacial score (nSPS) is 27.9. The summed E-state index contributed by atoms with van der Waals surface area (Å²) in [6.45, 7) is 0. The first-order valence-corrected chi connectivity index (χ1v) is 8.33. The average molecular weight is 329 g/mol. The van der Waals surface area contributed by atoms with E-state index in [1.165, 1.54) is 0 Å².